The van der Waals surface area contributed by atoms with Gasteiger partial charge in [-0.05, 0) is 55.2 Å². The fourth-order valence-electron chi connectivity index (χ4n) is 3.63. The van der Waals surface area contributed by atoms with Crippen LogP contribution in [0.5, 0.6) is 0 Å². The second kappa shape index (κ2) is 9.14. The van der Waals surface area contributed by atoms with Crippen LogP contribution in [-0.2, 0) is 14.8 Å². The van der Waals surface area contributed by atoms with E-state index >= 15 is 0 Å². The van der Waals surface area contributed by atoms with Crippen molar-refractivity contribution in [2.75, 3.05) is 30.3 Å². The average Bonchev–Trinajstić information content (AvgIpc) is 3.51. The molecule has 0 heterocycles. The summed E-state index contributed by atoms with van der Waals surface area (Å²) in [5, 5.41) is 6.06. The Hall–Kier alpha value is -2.45. The van der Waals surface area contributed by atoms with Crippen LogP contribution in [0.15, 0.2) is 47.4 Å². The normalized spacial score (nSPS) is 18.3. The molecule has 1 fully saturated rings. The van der Waals surface area contributed by atoms with E-state index < -0.39 is 10.0 Å². The number of carbonyl (C=O) groups is 1. The van der Waals surface area contributed by atoms with Crippen molar-refractivity contribution in [1.29, 1.82) is 0 Å². The molecule has 162 valence electrons. The van der Waals surface area contributed by atoms with Crippen molar-refractivity contribution >= 4 is 27.3 Å². The lowest BCUT2D eigenvalue weighted by molar-refractivity contribution is -0.117. The zero-order valence-electron chi connectivity index (χ0n) is 17.5. The van der Waals surface area contributed by atoms with Crippen LogP contribution in [0, 0.1) is 11.7 Å². The Balaban J connectivity index is 1.82. The van der Waals surface area contributed by atoms with Crippen LogP contribution in [0.3, 0.4) is 0 Å². The van der Waals surface area contributed by atoms with E-state index in [-0.39, 0.29) is 28.5 Å². The van der Waals surface area contributed by atoms with Gasteiger partial charge in [-0.25, -0.2) is 12.8 Å². The second-order valence-electron chi connectivity index (χ2n) is 7.32. The molecule has 0 saturated heterocycles. The third kappa shape index (κ3) is 4.65. The van der Waals surface area contributed by atoms with Crippen LogP contribution in [-0.4, -0.2) is 38.3 Å². The van der Waals surface area contributed by atoms with Crippen LogP contribution >= 0.6 is 0 Å². The van der Waals surface area contributed by atoms with Crippen LogP contribution in [0.4, 0.5) is 15.8 Å². The molecule has 0 aromatic heterocycles. The molecule has 6 nitrogen and oxygen atoms in total. The Morgan fingerprint density at radius 2 is 1.73 bits per heavy atom. The minimum atomic E-state index is -3.63. The van der Waals surface area contributed by atoms with Crippen molar-refractivity contribution in [2.24, 2.45) is 5.92 Å². The average molecular weight is 434 g/mol. The molecule has 1 aliphatic carbocycles. The van der Waals surface area contributed by atoms with E-state index in [1.807, 2.05) is 6.92 Å². The van der Waals surface area contributed by atoms with Crippen LogP contribution in [0.2, 0.25) is 0 Å². The van der Waals surface area contributed by atoms with E-state index in [0.29, 0.717) is 37.4 Å². The highest BCUT2D eigenvalue weighted by Crippen LogP contribution is 2.48. The Kier molecular flexibility index (Phi) is 6.77. The Bertz CT molecular complexity index is 1000. The number of carbonyl (C=O) groups excluding carboxylic acids is 1. The van der Waals surface area contributed by atoms with Gasteiger partial charge >= 0.3 is 0 Å². The van der Waals surface area contributed by atoms with Gasteiger partial charge in [0.2, 0.25) is 15.9 Å². The summed E-state index contributed by atoms with van der Waals surface area (Å²) in [6, 6.07) is 10.9. The first-order valence-corrected chi connectivity index (χ1v) is 11.7. The number of amides is 1. The number of nitrogens with zero attached hydrogens (tertiary/aromatic N) is 1. The smallest absolute Gasteiger partial charge is 0.243 e. The molecular formula is C22H28FN3O3S. The van der Waals surface area contributed by atoms with E-state index in [2.05, 4.69) is 10.6 Å². The molecular weight excluding hydrogens is 405 g/mol. The van der Waals surface area contributed by atoms with Gasteiger partial charge in [-0.15, -0.1) is 0 Å². The summed E-state index contributed by atoms with van der Waals surface area (Å²) in [5.41, 5.74) is 2.05. The number of hydrogen-bond acceptors (Lipinski definition) is 4. The standard InChI is InChI=1S/C22H28FN3O3S/c1-4-24-20-12-11-17(30(28,29)26(5-2)6-3)13-21(20)25-22(27)19-14-18(19)15-7-9-16(23)10-8-15/h7-13,18-19,24H,4-6,14H2,1-3H3,(H,25,27). The van der Waals surface area contributed by atoms with Gasteiger partial charge in [0, 0.05) is 25.6 Å². The summed E-state index contributed by atoms with van der Waals surface area (Å²) < 4.78 is 40.3. The molecule has 2 aromatic rings. The molecule has 1 amide bonds. The van der Waals surface area contributed by atoms with Crippen molar-refractivity contribution in [3.63, 3.8) is 0 Å². The highest BCUT2D eigenvalue weighted by molar-refractivity contribution is 7.89. The number of benzene rings is 2. The molecule has 2 atom stereocenters. The summed E-state index contributed by atoms with van der Waals surface area (Å²) in [4.78, 5) is 13.0. The topological polar surface area (TPSA) is 78.5 Å². The maximum Gasteiger partial charge on any atom is 0.243 e. The summed E-state index contributed by atoms with van der Waals surface area (Å²) in [6.45, 7) is 6.89. The summed E-state index contributed by atoms with van der Waals surface area (Å²) in [5.74, 6) is -0.633. The summed E-state index contributed by atoms with van der Waals surface area (Å²) in [6.07, 6.45) is 0.686. The lowest BCUT2D eigenvalue weighted by atomic mass is 10.1. The first-order chi connectivity index (χ1) is 14.3. The monoisotopic (exact) mass is 433 g/mol. The van der Waals surface area contributed by atoms with Crippen molar-refractivity contribution in [2.45, 2.75) is 38.0 Å². The van der Waals surface area contributed by atoms with E-state index in [0.717, 1.165) is 5.56 Å². The minimum Gasteiger partial charge on any atom is -0.384 e. The number of hydrogen-bond donors (Lipinski definition) is 2. The third-order valence-corrected chi connectivity index (χ3v) is 7.43. The van der Waals surface area contributed by atoms with Crippen LogP contribution < -0.4 is 10.6 Å². The molecule has 3 rings (SSSR count). The Morgan fingerprint density at radius 3 is 2.33 bits per heavy atom. The van der Waals surface area contributed by atoms with E-state index in [1.165, 1.54) is 22.5 Å². The highest BCUT2D eigenvalue weighted by Gasteiger charge is 2.44. The van der Waals surface area contributed by atoms with Gasteiger partial charge in [-0.3, -0.25) is 4.79 Å². The third-order valence-electron chi connectivity index (χ3n) is 5.38. The van der Waals surface area contributed by atoms with E-state index in [4.69, 9.17) is 0 Å². The number of rotatable bonds is 9. The van der Waals surface area contributed by atoms with Crippen LogP contribution in [0.25, 0.3) is 0 Å². The lowest BCUT2D eigenvalue weighted by Gasteiger charge is -2.20. The molecule has 8 heteroatoms. The molecule has 0 spiro atoms. The van der Waals surface area contributed by atoms with Crippen LogP contribution in [0.1, 0.15) is 38.7 Å². The number of nitrogens with one attached hydrogen (secondary N) is 2. The quantitative estimate of drug-likeness (QED) is 0.626. The first kappa shape index (κ1) is 22.2. The molecule has 2 unspecified atom stereocenters. The van der Waals surface area contributed by atoms with Gasteiger partial charge in [-0.2, -0.15) is 4.31 Å². The maximum absolute atomic E-state index is 13.1. The van der Waals surface area contributed by atoms with Gasteiger partial charge in [-0.1, -0.05) is 26.0 Å². The molecule has 0 radical (unpaired) electrons. The van der Waals surface area contributed by atoms with Crippen molar-refractivity contribution < 1.29 is 17.6 Å². The fourth-order valence-corrected chi connectivity index (χ4v) is 5.12. The predicted octanol–water partition coefficient (Wildman–Crippen LogP) is 4.03. The fraction of sp³-hybridized carbons (Fsp3) is 0.409. The maximum atomic E-state index is 13.1. The van der Waals surface area contributed by atoms with Gasteiger partial charge in [0.1, 0.15) is 5.82 Å². The van der Waals surface area contributed by atoms with Crippen molar-refractivity contribution in [3.05, 3.63) is 53.8 Å². The molecule has 1 saturated carbocycles. The zero-order chi connectivity index (χ0) is 21.9. The minimum absolute atomic E-state index is 0.0516. The molecule has 30 heavy (non-hydrogen) atoms. The summed E-state index contributed by atoms with van der Waals surface area (Å²) >= 11 is 0. The molecule has 2 aromatic carbocycles. The lowest BCUT2D eigenvalue weighted by Crippen LogP contribution is -2.30. The van der Waals surface area contributed by atoms with Gasteiger partial charge < -0.3 is 10.6 Å². The molecule has 0 aliphatic heterocycles. The Labute approximate surface area is 177 Å². The number of halogens is 1. The predicted molar refractivity (Wildman–Crippen MR) is 117 cm³/mol. The van der Waals surface area contributed by atoms with Crippen molar-refractivity contribution in [1.82, 2.24) is 4.31 Å². The SMILES string of the molecule is CCNc1ccc(S(=O)(=O)N(CC)CC)cc1NC(=O)C1CC1c1ccc(F)cc1. The summed E-state index contributed by atoms with van der Waals surface area (Å²) in [7, 11) is -3.63. The largest absolute Gasteiger partial charge is 0.384 e. The second-order valence-corrected chi connectivity index (χ2v) is 9.25. The number of sulfonamides is 1. The highest BCUT2D eigenvalue weighted by atomic mass is 32.2. The first-order valence-electron chi connectivity index (χ1n) is 10.3. The van der Waals surface area contributed by atoms with Crippen molar-refractivity contribution in [3.8, 4) is 0 Å². The van der Waals surface area contributed by atoms with E-state index in [9.17, 15) is 17.6 Å². The molecule has 2 N–H and O–H groups in total. The Morgan fingerprint density at radius 1 is 1.07 bits per heavy atom. The van der Waals surface area contributed by atoms with Gasteiger partial charge in [0.25, 0.3) is 0 Å². The molecule has 0 bridgehead atoms. The van der Waals surface area contributed by atoms with Gasteiger partial charge in [0.15, 0.2) is 0 Å². The van der Waals surface area contributed by atoms with Gasteiger partial charge in [0.05, 0.1) is 16.3 Å². The zero-order valence-corrected chi connectivity index (χ0v) is 18.3. The number of anilines is 2. The molecule has 1 aliphatic rings. The van der Waals surface area contributed by atoms with E-state index in [1.54, 1.807) is 38.1 Å².